The van der Waals surface area contributed by atoms with E-state index in [1.807, 2.05) is 11.3 Å². The summed E-state index contributed by atoms with van der Waals surface area (Å²) < 4.78 is 0. The molecule has 0 amide bonds. The summed E-state index contributed by atoms with van der Waals surface area (Å²) in [6.45, 7) is 2.35. The number of aryl methyl sites for hydroxylation is 1. The average Bonchev–Trinajstić information content (AvgIpc) is 2.33. The summed E-state index contributed by atoms with van der Waals surface area (Å²) in [5.74, 6) is 0.919. The van der Waals surface area contributed by atoms with Gasteiger partial charge in [0.05, 0.1) is 0 Å². The highest BCUT2D eigenvalue weighted by molar-refractivity contribution is 7.10. The average molecular weight is 152 g/mol. The van der Waals surface area contributed by atoms with E-state index in [2.05, 4.69) is 18.4 Å². The van der Waals surface area contributed by atoms with Crippen molar-refractivity contribution >= 4 is 11.3 Å². The van der Waals surface area contributed by atoms with E-state index in [1.54, 1.807) is 10.4 Å². The third-order valence-corrected chi connectivity index (χ3v) is 3.29. The van der Waals surface area contributed by atoms with Crippen molar-refractivity contribution < 1.29 is 0 Å². The lowest BCUT2D eigenvalue weighted by Gasteiger charge is -2.17. The van der Waals surface area contributed by atoms with Gasteiger partial charge in [-0.05, 0) is 42.2 Å². The van der Waals surface area contributed by atoms with Crippen LogP contribution in [0.3, 0.4) is 0 Å². The second kappa shape index (κ2) is 2.39. The third-order valence-electron chi connectivity index (χ3n) is 2.27. The zero-order valence-electron chi connectivity index (χ0n) is 6.26. The monoisotopic (exact) mass is 152 g/mol. The summed E-state index contributed by atoms with van der Waals surface area (Å²) in [5.41, 5.74) is 1.61. The topological polar surface area (TPSA) is 0 Å². The molecule has 0 radical (unpaired) electrons. The van der Waals surface area contributed by atoms with Gasteiger partial charge in [-0.25, -0.2) is 0 Å². The van der Waals surface area contributed by atoms with Crippen molar-refractivity contribution in [2.24, 2.45) is 5.92 Å². The fraction of sp³-hybridized carbons (Fsp3) is 0.556. The van der Waals surface area contributed by atoms with Crippen LogP contribution in [0.5, 0.6) is 0 Å². The molecule has 1 aromatic heterocycles. The Labute approximate surface area is 65.9 Å². The molecule has 10 heavy (non-hydrogen) atoms. The minimum absolute atomic E-state index is 0.919. The highest BCUT2D eigenvalue weighted by atomic mass is 32.1. The number of fused-ring (bicyclic) bond motifs is 1. The normalized spacial score (nSPS) is 24.3. The molecule has 1 heteroatoms. The van der Waals surface area contributed by atoms with Gasteiger partial charge in [0.15, 0.2) is 0 Å². The summed E-state index contributed by atoms with van der Waals surface area (Å²) in [6, 6.07) is 2.29. The van der Waals surface area contributed by atoms with Crippen molar-refractivity contribution in [3.63, 3.8) is 0 Å². The van der Waals surface area contributed by atoms with Gasteiger partial charge in [0.25, 0.3) is 0 Å². The predicted octanol–water partition coefficient (Wildman–Crippen LogP) is 2.87. The van der Waals surface area contributed by atoms with E-state index >= 15 is 0 Å². The molecule has 1 heterocycles. The van der Waals surface area contributed by atoms with Gasteiger partial charge in [-0.15, -0.1) is 11.3 Å². The molecule has 1 unspecified atom stereocenters. The highest BCUT2D eigenvalue weighted by Crippen LogP contribution is 2.28. The molecule has 0 spiro atoms. The van der Waals surface area contributed by atoms with Crippen LogP contribution in [-0.2, 0) is 12.8 Å². The lowest BCUT2D eigenvalue weighted by atomic mass is 9.90. The molecule has 0 N–H and O–H groups in total. The molecule has 54 valence electrons. The van der Waals surface area contributed by atoms with E-state index in [-0.39, 0.29) is 0 Å². The molecule has 0 saturated heterocycles. The molecule has 2 rings (SSSR count). The Morgan fingerprint density at radius 2 is 2.50 bits per heavy atom. The van der Waals surface area contributed by atoms with E-state index in [0.29, 0.717) is 0 Å². The van der Waals surface area contributed by atoms with Gasteiger partial charge in [0, 0.05) is 4.88 Å². The van der Waals surface area contributed by atoms with Gasteiger partial charge in [-0.3, -0.25) is 0 Å². The van der Waals surface area contributed by atoms with Crippen LogP contribution in [-0.4, -0.2) is 0 Å². The first-order valence-electron chi connectivity index (χ1n) is 3.91. The minimum Gasteiger partial charge on any atom is -0.149 e. The summed E-state index contributed by atoms with van der Waals surface area (Å²) in [5, 5.41) is 2.22. The summed E-state index contributed by atoms with van der Waals surface area (Å²) in [4.78, 5) is 1.64. The quantitative estimate of drug-likeness (QED) is 0.536. The van der Waals surface area contributed by atoms with Crippen molar-refractivity contribution in [1.29, 1.82) is 0 Å². The standard InChI is InChI=1S/C9H12S/c1-7-2-3-9-8(6-7)4-5-10-9/h4-5,7H,2-3,6H2,1H3. The van der Waals surface area contributed by atoms with Crippen LogP contribution < -0.4 is 0 Å². The van der Waals surface area contributed by atoms with E-state index in [0.717, 1.165) is 5.92 Å². The molecule has 1 aliphatic rings. The van der Waals surface area contributed by atoms with E-state index in [9.17, 15) is 0 Å². The maximum atomic E-state index is 2.35. The molecule has 0 fully saturated rings. The predicted molar refractivity (Wildman–Crippen MR) is 45.5 cm³/mol. The lowest BCUT2D eigenvalue weighted by molar-refractivity contribution is 0.506. The van der Waals surface area contributed by atoms with Crippen LogP contribution in [0, 0.1) is 5.92 Å². The van der Waals surface area contributed by atoms with E-state index < -0.39 is 0 Å². The Balaban J connectivity index is 2.30. The molecular weight excluding hydrogens is 140 g/mol. The molecule has 0 aliphatic heterocycles. The summed E-state index contributed by atoms with van der Waals surface area (Å²) in [7, 11) is 0. The Morgan fingerprint density at radius 3 is 3.40 bits per heavy atom. The van der Waals surface area contributed by atoms with Gasteiger partial charge < -0.3 is 0 Å². The van der Waals surface area contributed by atoms with Gasteiger partial charge >= 0.3 is 0 Å². The first kappa shape index (κ1) is 6.41. The SMILES string of the molecule is CC1CCc2sccc2C1. The van der Waals surface area contributed by atoms with Crippen molar-refractivity contribution in [3.8, 4) is 0 Å². The Hall–Kier alpha value is -0.300. The van der Waals surface area contributed by atoms with Gasteiger partial charge in [-0.2, -0.15) is 0 Å². The van der Waals surface area contributed by atoms with Crippen LogP contribution in [0.4, 0.5) is 0 Å². The fourth-order valence-electron chi connectivity index (χ4n) is 1.62. The molecule has 0 nitrogen and oxygen atoms in total. The van der Waals surface area contributed by atoms with Crippen LogP contribution >= 0.6 is 11.3 Å². The number of thiophene rings is 1. The summed E-state index contributed by atoms with van der Waals surface area (Å²) in [6.07, 6.45) is 4.04. The number of rotatable bonds is 0. The molecule has 1 aromatic rings. The zero-order valence-corrected chi connectivity index (χ0v) is 7.08. The van der Waals surface area contributed by atoms with Crippen LogP contribution in [0.2, 0.25) is 0 Å². The fourth-order valence-corrected chi connectivity index (χ4v) is 2.56. The number of hydrogen-bond acceptors (Lipinski definition) is 1. The number of hydrogen-bond donors (Lipinski definition) is 0. The maximum absolute atomic E-state index is 2.35. The van der Waals surface area contributed by atoms with E-state index in [1.165, 1.54) is 19.3 Å². The van der Waals surface area contributed by atoms with Crippen molar-refractivity contribution in [2.75, 3.05) is 0 Å². The van der Waals surface area contributed by atoms with Gasteiger partial charge in [0.2, 0.25) is 0 Å². The molecule has 0 aromatic carbocycles. The zero-order chi connectivity index (χ0) is 6.97. The largest absolute Gasteiger partial charge is 0.149 e. The van der Waals surface area contributed by atoms with Crippen molar-refractivity contribution in [2.45, 2.75) is 26.2 Å². The van der Waals surface area contributed by atoms with Gasteiger partial charge in [-0.1, -0.05) is 6.92 Å². The molecule has 0 saturated carbocycles. The Kier molecular flexibility index (Phi) is 1.53. The smallest absolute Gasteiger partial charge is 0.00774 e. The second-order valence-electron chi connectivity index (χ2n) is 3.22. The Morgan fingerprint density at radius 1 is 1.60 bits per heavy atom. The van der Waals surface area contributed by atoms with Crippen LogP contribution in [0.15, 0.2) is 11.4 Å². The van der Waals surface area contributed by atoms with E-state index in [4.69, 9.17) is 0 Å². The molecule has 1 atom stereocenters. The highest BCUT2D eigenvalue weighted by Gasteiger charge is 2.14. The van der Waals surface area contributed by atoms with Crippen LogP contribution in [0.1, 0.15) is 23.8 Å². The lowest BCUT2D eigenvalue weighted by Crippen LogP contribution is -2.07. The second-order valence-corrected chi connectivity index (χ2v) is 4.22. The maximum Gasteiger partial charge on any atom is 0.00774 e. The van der Waals surface area contributed by atoms with Gasteiger partial charge in [0.1, 0.15) is 0 Å². The first-order valence-corrected chi connectivity index (χ1v) is 4.79. The van der Waals surface area contributed by atoms with Crippen molar-refractivity contribution in [1.82, 2.24) is 0 Å². The Bertz CT molecular complexity index is 224. The molecule has 0 bridgehead atoms. The molecule has 1 aliphatic carbocycles. The van der Waals surface area contributed by atoms with Crippen LogP contribution in [0.25, 0.3) is 0 Å². The summed E-state index contributed by atoms with van der Waals surface area (Å²) >= 11 is 1.93. The minimum atomic E-state index is 0.919. The first-order chi connectivity index (χ1) is 4.86. The molecular formula is C9H12S. The third kappa shape index (κ3) is 0.988. The van der Waals surface area contributed by atoms with Crippen molar-refractivity contribution in [3.05, 3.63) is 21.9 Å².